The van der Waals surface area contributed by atoms with Gasteiger partial charge in [-0.15, -0.1) is 5.10 Å². The minimum atomic E-state index is 0.127. The Morgan fingerprint density at radius 3 is 3.00 bits per heavy atom. The van der Waals surface area contributed by atoms with E-state index in [0.717, 1.165) is 43.6 Å². The van der Waals surface area contributed by atoms with Crippen molar-refractivity contribution < 1.29 is 4.74 Å². The van der Waals surface area contributed by atoms with Crippen molar-refractivity contribution in [3.8, 4) is 0 Å². The van der Waals surface area contributed by atoms with Crippen molar-refractivity contribution >= 4 is 11.8 Å². The highest BCUT2D eigenvalue weighted by Crippen LogP contribution is 2.22. The van der Waals surface area contributed by atoms with E-state index in [1.165, 1.54) is 0 Å². The predicted octanol–water partition coefficient (Wildman–Crippen LogP) is 1.19. The van der Waals surface area contributed by atoms with Gasteiger partial charge in [-0.2, -0.15) is 0 Å². The molecule has 7 heteroatoms. The molecule has 1 aliphatic rings. The van der Waals surface area contributed by atoms with Gasteiger partial charge in [-0.1, -0.05) is 11.8 Å². The fourth-order valence-electron chi connectivity index (χ4n) is 1.88. The molecule has 1 fully saturated rings. The third kappa shape index (κ3) is 5.08. The van der Waals surface area contributed by atoms with Crippen molar-refractivity contribution in [1.82, 2.24) is 25.5 Å². The second-order valence-corrected chi connectivity index (χ2v) is 6.89. The summed E-state index contributed by atoms with van der Waals surface area (Å²) in [6, 6.07) is 0. The summed E-state index contributed by atoms with van der Waals surface area (Å²) in [5.74, 6) is 1.68. The zero-order valence-electron chi connectivity index (χ0n) is 11.9. The zero-order valence-corrected chi connectivity index (χ0v) is 12.7. The largest absolute Gasteiger partial charge is 0.381 e. The van der Waals surface area contributed by atoms with Gasteiger partial charge in [0.15, 0.2) is 0 Å². The van der Waals surface area contributed by atoms with Crippen LogP contribution >= 0.6 is 11.8 Å². The number of nitrogens with zero attached hydrogens (tertiary/aromatic N) is 4. The standard InChI is InChI=1S/C12H23N5OS/c1-12(2,3)13-5-6-17-11(14-15-16-17)19-9-10-4-7-18-8-10/h10,13H,4-9H2,1-3H3. The van der Waals surface area contributed by atoms with Crippen molar-refractivity contribution in [3.05, 3.63) is 0 Å². The van der Waals surface area contributed by atoms with Crippen LogP contribution in [0, 0.1) is 5.92 Å². The maximum Gasteiger partial charge on any atom is 0.209 e. The maximum absolute atomic E-state index is 5.38. The van der Waals surface area contributed by atoms with Crippen LogP contribution in [0.25, 0.3) is 0 Å². The molecule has 1 aliphatic heterocycles. The molecule has 19 heavy (non-hydrogen) atoms. The predicted molar refractivity (Wildman–Crippen MR) is 75.2 cm³/mol. The van der Waals surface area contributed by atoms with Gasteiger partial charge in [-0.05, 0) is 43.5 Å². The highest BCUT2D eigenvalue weighted by molar-refractivity contribution is 7.99. The van der Waals surface area contributed by atoms with E-state index in [1.54, 1.807) is 11.8 Å². The summed E-state index contributed by atoms with van der Waals surface area (Å²) in [5, 5.41) is 16.2. The molecule has 1 N–H and O–H groups in total. The number of rotatable bonds is 6. The van der Waals surface area contributed by atoms with Gasteiger partial charge in [0.05, 0.1) is 13.2 Å². The molecule has 6 nitrogen and oxygen atoms in total. The molecular weight excluding hydrogens is 262 g/mol. The summed E-state index contributed by atoms with van der Waals surface area (Å²) in [6.07, 6.45) is 1.15. The lowest BCUT2D eigenvalue weighted by Crippen LogP contribution is -2.38. The van der Waals surface area contributed by atoms with Crippen LogP contribution < -0.4 is 5.32 Å². The Morgan fingerprint density at radius 1 is 1.47 bits per heavy atom. The number of thioether (sulfide) groups is 1. The van der Waals surface area contributed by atoms with Gasteiger partial charge in [0.25, 0.3) is 0 Å². The first-order valence-corrected chi connectivity index (χ1v) is 7.75. The molecule has 0 radical (unpaired) electrons. The second kappa shape index (κ2) is 6.67. The SMILES string of the molecule is CC(C)(C)NCCn1nnnc1SCC1CCOC1. The van der Waals surface area contributed by atoms with Gasteiger partial charge in [-0.3, -0.25) is 0 Å². The molecule has 0 aromatic carbocycles. The molecule has 0 aliphatic carbocycles. The van der Waals surface area contributed by atoms with E-state index in [1.807, 2.05) is 4.68 Å². The third-order valence-corrected chi connectivity index (χ3v) is 4.14. The molecule has 1 atom stereocenters. The van der Waals surface area contributed by atoms with Gasteiger partial charge >= 0.3 is 0 Å². The Morgan fingerprint density at radius 2 is 2.32 bits per heavy atom. The number of ether oxygens (including phenoxy) is 1. The topological polar surface area (TPSA) is 64.9 Å². The summed E-state index contributed by atoms with van der Waals surface area (Å²) in [4.78, 5) is 0. The second-order valence-electron chi connectivity index (χ2n) is 5.90. The summed E-state index contributed by atoms with van der Waals surface area (Å²) in [5.41, 5.74) is 0.127. The van der Waals surface area contributed by atoms with Crippen LogP contribution in [0.15, 0.2) is 5.16 Å². The Labute approximate surface area is 118 Å². The minimum absolute atomic E-state index is 0.127. The molecule has 0 bridgehead atoms. The molecule has 1 aromatic heterocycles. The third-order valence-electron chi connectivity index (χ3n) is 2.95. The van der Waals surface area contributed by atoms with Crippen molar-refractivity contribution in [2.75, 3.05) is 25.5 Å². The Kier molecular flexibility index (Phi) is 5.18. The lowest BCUT2D eigenvalue weighted by molar-refractivity contribution is 0.189. The van der Waals surface area contributed by atoms with Crippen molar-refractivity contribution in [3.63, 3.8) is 0 Å². The van der Waals surface area contributed by atoms with E-state index in [-0.39, 0.29) is 5.54 Å². The van der Waals surface area contributed by atoms with Crippen LogP contribution in [0.4, 0.5) is 0 Å². The summed E-state index contributed by atoms with van der Waals surface area (Å²) < 4.78 is 7.25. The molecule has 1 unspecified atom stereocenters. The Bertz CT molecular complexity index is 384. The summed E-state index contributed by atoms with van der Waals surface area (Å²) in [7, 11) is 0. The van der Waals surface area contributed by atoms with E-state index in [4.69, 9.17) is 4.74 Å². The first kappa shape index (κ1) is 14.7. The van der Waals surface area contributed by atoms with E-state index in [9.17, 15) is 0 Å². The first-order chi connectivity index (χ1) is 9.04. The number of hydrogen-bond donors (Lipinski definition) is 1. The fraction of sp³-hybridized carbons (Fsp3) is 0.917. The average Bonchev–Trinajstić information content (AvgIpc) is 2.95. The number of tetrazole rings is 1. The number of hydrogen-bond acceptors (Lipinski definition) is 6. The van der Waals surface area contributed by atoms with E-state index in [0.29, 0.717) is 5.92 Å². The first-order valence-electron chi connectivity index (χ1n) is 6.76. The molecule has 0 amide bonds. The van der Waals surface area contributed by atoms with Gasteiger partial charge < -0.3 is 10.1 Å². The summed E-state index contributed by atoms with van der Waals surface area (Å²) in [6.45, 7) is 9.90. The minimum Gasteiger partial charge on any atom is -0.381 e. The summed E-state index contributed by atoms with van der Waals surface area (Å²) >= 11 is 1.73. The van der Waals surface area contributed by atoms with Crippen molar-refractivity contribution in [1.29, 1.82) is 0 Å². The molecule has 0 spiro atoms. The van der Waals surface area contributed by atoms with Crippen LogP contribution in [0.2, 0.25) is 0 Å². The van der Waals surface area contributed by atoms with Crippen molar-refractivity contribution in [2.45, 2.75) is 44.4 Å². The lowest BCUT2D eigenvalue weighted by Gasteiger charge is -2.20. The average molecular weight is 285 g/mol. The molecular formula is C12H23N5OS. The molecule has 2 rings (SSSR count). The lowest BCUT2D eigenvalue weighted by atomic mass is 10.1. The molecule has 1 aromatic rings. The Hall–Kier alpha value is -0.660. The van der Waals surface area contributed by atoms with E-state index < -0.39 is 0 Å². The monoisotopic (exact) mass is 285 g/mol. The number of nitrogens with one attached hydrogen (secondary N) is 1. The molecule has 1 saturated heterocycles. The van der Waals surface area contributed by atoms with Crippen LogP contribution in [0.5, 0.6) is 0 Å². The normalized spacial score (nSPS) is 20.1. The van der Waals surface area contributed by atoms with Gasteiger partial charge in [-0.25, -0.2) is 4.68 Å². The van der Waals surface area contributed by atoms with Crippen LogP contribution in [-0.2, 0) is 11.3 Å². The van der Waals surface area contributed by atoms with Gasteiger partial charge in [0.1, 0.15) is 0 Å². The zero-order chi connectivity index (χ0) is 13.7. The quantitative estimate of drug-likeness (QED) is 0.792. The van der Waals surface area contributed by atoms with E-state index >= 15 is 0 Å². The van der Waals surface area contributed by atoms with Crippen LogP contribution in [0.1, 0.15) is 27.2 Å². The highest BCUT2D eigenvalue weighted by atomic mass is 32.2. The van der Waals surface area contributed by atoms with Crippen LogP contribution in [0.3, 0.4) is 0 Å². The smallest absolute Gasteiger partial charge is 0.209 e. The van der Waals surface area contributed by atoms with Crippen LogP contribution in [-0.4, -0.2) is 51.3 Å². The highest BCUT2D eigenvalue weighted by Gasteiger charge is 2.17. The van der Waals surface area contributed by atoms with E-state index in [2.05, 4.69) is 41.6 Å². The molecule has 0 saturated carbocycles. The maximum atomic E-state index is 5.38. The number of aromatic nitrogens is 4. The molecule has 108 valence electrons. The van der Waals surface area contributed by atoms with Gasteiger partial charge in [0, 0.05) is 24.4 Å². The fourth-order valence-corrected chi connectivity index (χ4v) is 2.90. The van der Waals surface area contributed by atoms with Crippen molar-refractivity contribution in [2.24, 2.45) is 5.92 Å². The Balaban J connectivity index is 1.76. The van der Waals surface area contributed by atoms with Gasteiger partial charge in [0.2, 0.25) is 5.16 Å². The molecule has 2 heterocycles.